The van der Waals surface area contributed by atoms with Crippen LogP contribution in [0.3, 0.4) is 0 Å². The van der Waals surface area contributed by atoms with Crippen molar-refractivity contribution in [1.29, 1.82) is 0 Å². The highest BCUT2D eigenvalue weighted by Crippen LogP contribution is 2.27. The highest BCUT2D eigenvalue weighted by molar-refractivity contribution is 6.33. The maximum atomic E-state index is 4.77. The first kappa shape index (κ1) is 20.2. The van der Waals surface area contributed by atoms with E-state index in [0.29, 0.717) is 46.7 Å². The van der Waals surface area contributed by atoms with Crippen LogP contribution in [0.5, 0.6) is 0 Å². The van der Waals surface area contributed by atoms with Crippen molar-refractivity contribution in [3.05, 3.63) is 44.6 Å². The van der Waals surface area contributed by atoms with E-state index in [1.165, 1.54) is 0 Å². The molecule has 160 valence electrons. The van der Waals surface area contributed by atoms with Gasteiger partial charge in [-0.05, 0) is 55.4 Å². The van der Waals surface area contributed by atoms with E-state index in [1.807, 2.05) is 55.4 Å². The minimum atomic E-state index is 0.618. The van der Waals surface area contributed by atoms with Crippen LogP contribution in [0.15, 0.2) is 84.5 Å². The van der Waals surface area contributed by atoms with Crippen LogP contribution >= 0.6 is 0 Å². The third-order valence-electron chi connectivity index (χ3n) is 6.63. The molecule has 0 saturated heterocycles. The van der Waals surface area contributed by atoms with Gasteiger partial charge in [0.05, 0.1) is 0 Å². The first-order valence-electron chi connectivity index (χ1n) is 10.6. The van der Waals surface area contributed by atoms with Gasteiger partial charge in [0.1, 0.15) is 0 Å². The van der Waals surface area contributed by atoms with Crippen LogP contribution in [0, 0.1) is 0 Å². The molecule has 5 rings (SSSR count). The van der Waals surface area contributed by atoms with Crippen molar-refractivity contribution in [2.24, 2.45) is 39.9 Å². The summed E-state index contributed by atoms with van der Waals surface area (Å²) in [7, 11) is 0. The predicted molar refractivity (Wildman–Crippen MR) is 133 cm³/mol. The molecule has 0 fully saturated rings. The lowest BCUT2D eigenvalue weighted by molar-refractivity contribution is 1.42. The van der Waals surface area contributed by atoms with Gasteiger partial charge in [0.2, 0.25) is 0 Å². The summed E-state index contributed by atoms with van der Waals surface area (Å²) in [4.78, 5) is 37.9. The van der Waals surface area contributed by atoms with Crippen LogP contribution in [0.1, 0.15) is 55.4 Å². The molecule has 0 amide bonds. The SMILES string of the molecule is CC1=C(C)C2=NC3=NC(=NC4=NC(=NC5=NC(=NC1=N2)C(C)=C5C)C(C)=C4C)C(C)=C3C. The number of rotatable bonds is 0. The van der Waals surface area contributed by atoms with Crippen molar-refractivity contribution >= 4 is 46.7 Å². The van der Waals surface area contributed by atoms with Gasteiger partial charge >= 0.3 is 0 Å². The van der Waals surface area contributed by atoms with E-state index in [4.69, 9.17) is 39.9 Å². The summed E-state index contributed by atoms with van der Waals surface area (Å²) in [6.07, 6.45) is 0. The summed E-state index contributed by atoms with van der Waals surface area (Å²) in [5.74, 6) is 4.94. The maximum Gasteiger partial charge on any atom is 0.160 e. The van der Waals surface area contributed by atoms with Gasteiger partial charge in [-0.25, -0.2) is 39.9 Å². The molecule has 0 saturated carbocycles. The molecule has 8 nitrogen and oxygen atoms in total. The first-order chi connectivity index (χ1) is 15.2. The lowest BCUT2D eigenvalue weighted by Gasteiger charge is -1.99. The molecule has 0 atom stereocenters. The van der Waals surface area contributed by atoms with E-state index in [-0.39, 0.29) is 0 Å². The zero-order valence-electron chi connectivity index (χ0n) is 19.6. The van der Waals surface area contributed by atoms with Crippen molar-refractivity contribution in [3.8, 4) is 0 Å². The average molecular weight is 425 g/mol. The Labute approximate surface area is 187 Å². The fourth-order valence-corrected chi connectivity index (χ4v) is 3.69. The van der Waals surface area contributed by atoms with Crippen LogP contribution in [-0.2, 0) is 0 Å². The van der Waals surface area contributed by atoms with E-state index < -0.39 is 0 Å². The molecule has 5 heterocycles. The van der Waals surface area contributed by atoms with Crippen LogP contribution in [0.2, 0.25) is 0 Å². The molecular formula is C24H24N8. The van der Waals surface area contributed by atoms with Crippen molar-refractivity contribution < 1.29 is 0 Å². The Kier molecular flexibility index (Phi) is 4.37. The van der Waals surface area contributed by atoms with Gasteiger partial charge in [0.15, 0.2) is 46.7 Å². The molecule has 0 aliphatic carbocycles. The number of hydrogen-bond donors (Lipinski definition) is 0. The number of aliphatic imine (C=N–C) groups is 8. The largest absolute Gasteiger partial charge is 0.209 e. The fraction of sp³-hybridized carbons (Fsp3) is 0.333. The third kappa shape index (κ3) is 2.90. The fourth-order valence-electron chi connectivity index (χ4n) is 3.69. The van der Waals surface area contributed by atoms with E-state index in [2.05, 4.69) is 0 Å². The average Bonchev–Trinajstić information content (AvgIpc) is 3.37. The first-order valence-corrected chi connectivity index (χ1v) is 10.6. The Morgan fingerprint density at radius 3 is 0.406 bits per heavy atom. The summed E-state index contributed by atoms with van der Waals surface area (Å²) in [5.41, 5.74) is 7.82. The van der Waals surface area contributed by atoms with Gasteiger partial charge in [-0.15, -0.1) is 0 Å². The van der Waals surface area contributed by atoms with Crippen LogP contribution in [0.4, 0.5) is 0 Å². The lowest BCUT2D eigenvalue weighted by Crippen LogP contribution is -2.02. The van der Waals surface area contributed by atoms with Gasteiger partial charge in [-0.1, -0.05) is 0 Å². The highest BCUT2D eigenvalue weighted by Gasteiger charge is 2.28. The standard InChI is InChI=1S/C24H24N8/c1-9-10(2)18-25-17(9)29-19-11(3)12(4)21(26-19)31-23-15(7)16(8)24(28-23)32-22-14(6)13(5)20(27-22)30-18/h1-8H3. The molecule has 0 radical (unpaired) electrons. The summed E-state index contributed by atoms with van der Waals surface area (Å²) < 4.78 is 0. The van der Waals surface area contributed by atoms with Gasteiger partial charge in [-0.2, -0.15) is 0 Å². The number of hydrogen-bond acceptors (Lipinski definition) is 8. The number of nitrogens with zero attached hydrogens (tertiary/aromatic N) is 8. The Hall–Kier alpha value is -3.68. The molecule has 0 aromatic heterocycles. The Bertz CT molecular complexity index is 1170. The van der Waals surface area contributed by atoms with E-state index in [0.717, 1.165) is 44.6 Å². The lowest BCUT2D eigenvalue weighted by atomic mass is 10.1. The van der Waals surface area contributed by atoms with E-state index in [1.54, 1.807) is 0 Å². The molecule has 32 heavy (non-hydrogen) atoms. The summed E-state index contributed by atoms with van der Waals surface area (Å²) >= 11 is 0. The summed E-state index contributed by atoms with van der Waals surface area (Å²) in [6.45, 7) is 16.0. The van der Waals surface area contributed by atoms with Crippen molar-refractivity contribution in [2.45, 2.75) is 55.4 Å². The van der Waals surface area contributed by atoms with Crippen molar-refractivity contribution in [2.75, 3.05) is 0 Å². The molecule has 8 heteroatoms. The minimum Gasteiger partial charge on any atom is -0.209 e. The topological polar surface area (TPSA) is 98.9 Å². The van der Waals surface area contributed by atoms with Crippen LogP contribution in [-0.4, -0.2) is 46.7 Å². The van der Waals surface area contributed by atoms with Gasteiger partial charge in [0, 0.05) is 44.6 Å². The summed E-state index contributed by atoms with van der Waals surface area (Å²) in [5, 5.41) is 0. The van der Waals surface area contributed by atoms with E-state index >= 15 is 0 Å². The van der Waals surface area contributed by atoms with Crippen molar-refractivity contribution in [3.63, 3.8) is 0 Å². The molecular weight excluding hydrogens is 400 g/mol. The second-order valence-electron chi connectivity index (χ2n) is 8.48. The molecule has 0 spiro atoms. The molecule has 0 aromatic carbocycles. The summed E-state index contributed by atoms with van der Waals surface area (Å²) in [6, 6.07) is 0. The molecule has 0 aromatic rings. The number of amidine groups is 8. The normalized spacial score (nSPS) is 22.8. The van der Waals surface area contributed by atoms with Crippen LogP contribution < -0.4 is 0 Å². The quantitative estimate of drug-likeness (QED) is 0.543. The van der Waals surface area contributed by atoms with Crippen LogP contribution in [0.25, 0.3) is 0 Å². The molecule has 5 aliphatic rings. The zero-order chi connectivity index (χ0) is 22.9. The van der Waals surface area contributed by atoms with Crippen molar-refractivity contribution in [1.82, 2.24) is 0 Å². The smallest absolute Gasteiger partial charge is 0.160 e. The molecule has 0 N–H and O–H groups in total. The van der Waals surface area contributed by atoms with Gasteiger partial charge in [0.25, 0.3) is 0 Å². The zero-order valence-corrected chi connectivity index (χ0v) is 19.6. The third-order valence-corrected chi connectivity index (χ3v) is 6.63. The van der Waals surface area contributed by atoms with E-state index in [9.17, 15) is 0 Å². The predicted octanol–water partition coefficient (Wildman–Crippen LogP) is 4.59. The Balaban J connectivity index is 1.79. The molecule has 8 bridgehead atoms. The maximum absolute atomic E-state index is 4.77. The second-order valence-corrected chi connectivity index (χ2v) is 8.48. The van der Waals surface area contributed by atoms with Gasteiger partial charge < -0.3 is 0 Å². The second kappa shape index (κ2) is 6.91. The highest BCUT2D eigenvalue weighted by atomic mass is 15.1. The Morgan fingerprint density at radius 2 is 0.312 bits per heavy atom. The minimum absolute atomic E-state index is 0.618. The molecule has 5 aliphatic heterocycles. The number of fused-ring (bicyclic) bond motifs is 4. The Morgan fingerprint density at radius 1 is 0.219 bits per heavy atom. The van der Waals surface area contributed by atoms with Gasteiger partial charge in [-0.3, -0.25) is 0 Å². The monoisotopic (exact) mass is 424 g/mol. The molecule has 0 unspecified atom stereocenters.